The van der Waals surface area contributed by atoms with Gasteiger partial charge in [-0.1, -0.05) is 6.58 Å². The third kappa shape index (κ3) is 1.76. The molecule has 15 heavy (non-hydrogen) atoms. The Hall–Kier alpha value is -1.32. The molecule has 3 nitrogen and oxygen atoms in total. The van der Waals surface area contributed by atoms with Crippen LogP contribution >= 0.6 is 0 Å². The Morgan fingerprint density at radius 3 is 2.33 bits per heavy atom. The van der Waals surface area contributed by atoms with Crippen molar-refractivity contribution in [3.05, 3.63) is 42.5 Å². The van der Waals surface area contributed by atoms with Gasteiger partial charge in [-0.3, -0.25) is 0 Å². The van der Waals surface area contributed by atoms with Gasteiger partial charge in [-0.2, -0.15) is 0 Å². The van der Waals surface area contributed by atoms with Gasteiger partial charge in [-0.05, 0) is 30.3 Å². The van der Waals surface area contributed by atoms with E-state index < -0.39 is 5.79 Å². The molecular weight excluding hydrogens is 192 g/mol. The van der Waals surface area contributed by atoms with Gasteiger partial charge in [0.25, 0.3) is 0 Å². The Morgan fingerprint density at radius 2 is 1.87 bits per heavy atom. The molecule has 0 saturated carbocycles. The highest BCUT2D eigenvalue weighted by atomic mass is 16.7. The molecule has 0 bridgehead atoms. The van der Waals surface area contributed by atoms with E-state index in [-0.39, 0.29) is 0 Å². The molecule has 1 aliphatic rings. The van der Waals surface area contributed by atoms with Crippen LogP contribution in [0.2, 0.25) is 0 Å². The van der Waals surface area contributed by atoms with E-state index in [9.17, 15) is 0 Å². The molecule has 3 heteroatoms. The smallest absolute Gasteiger partial charge is 0.215 e. The summed E-state index contributed by atoms with van der Waals surface area (Å²) in [5, 5.41) is 0. The average Bonchev–Trinajstić information content (AvgIpc) is 2.79. The van der Waals surface area contributed by atoms with Gasteiger partial charge in [0.15, 0.2) is 0 Å². The summed E-state index contributed by atoms with van der Waals surface area (Å²) in [7, 11) is 1.64. The van der Waals surface area contributed by atoms with Crippen molar-refractivity contribution in [3.8, 4) is 5.75 Å². The van der Waals surface area contributed by atoms with Crippen LogP contribution in [-0.2, 0) is 15.3 Å². The van der Waals surface area contributed by atoms with Crippen LogP contribution in [0, 0.1) is 0 Å². The highest BCUT2D eigenvalue weighted by Gasteiger charge is 2.35. The molecule has 0 spiro atoms. The van der Waals surface area contributed by atoms with Crippen LogP contribution in [0.25, 0.3) is 0 Å². The third-order valence-electron chi connectivity index (χ3n) is 2.48. The Bertz CT molecular complexity index is 336. The number of benzene rings is 1. The summed E-state index contributed by atoms with van der Waals surface area (Å²) in [4.78, 5) is 0. The highest BCUT2D eigenvalue weighted by Crippen LogP contribution is 2.33. The highest BCUT2D eigenvalue weighted by molar-refractivity contribution is 5.32. The van der Waals surface area contributed by atoms with Crippen LogP contribution in [0.5, 0.6) is 5.75 Å². The fourth-order valence-corrected chi connectivity index (χ4v) is 1.65. The maximum atomic E-state index is 5.57. The maximum absolute atomic E-state index is 5.57. The van der Waals surface area contributed by atoms with Crippen LogP contribution < -0.4 is 4.74 Å². The van der Waals surface area contributed by atoms with Gasteiger partial charge in [-0.25, -0.2) is 0 Å². The van der Waals surface area contributed by atoms with Crippen molar-refractivity contribution in [2.24, 2.45) is 0 Å². The lowest BCUT2D eigenvalue weighted by atomic mass is 10.1. The molecule has 0 radical (unpaired) electrons. The summed E-state index contributed by atoms with van der Waals surface area (Å²) >= 11 is 0. The van der Waals surface area contributed by atoms with Crippen LogP contribution in [0.4, 0.5) is 0 Å². The molecule has 0 atom stereocenters. The Labute approximate surface area is 89.3 Å². The van der Waals surface area contributed by atoms with Gasteiger partial charge in [0.2, 0.25) is 5.79 Å². The largest absolute Gasteiger partial charge is 0.497 e. The monoisotopic (exact) mass is 206 g/mol. The summed E-state index contributed by atoms with van der Waals surface area (Å²) in [6.07, 6.45) is 1.68. The maximum Gasteiger partial charge on any atom is 0.215 e. The fourth-order valence-electron chi connectivity index (χ4n) is 1.65. The van der Waals surface area contributed by atoms with Crippen LogP contribution in [0.1, 0.15) is 5.56 Å². The molecule has 0 amide bonds. The predicted molar refractivity (Wildman–Crippen MR) is 56.8 cm³/mol. The van der Waals surface area contributed by atoms with Crippen molar-refractivity contribution in [2.45, 2.75) is 5.79 Å². The minimum atomic E-state index is -0.772. The van der Waals surface area contributed by atoms with E-state index in [2.05, 4.69) is 6.58 Å². The normalized spacial score (nSPS) is 18.7. The molecule has 0 aliphatic carbocycles. The minimum absolute atomic E-state index is 0.595. The number of ether oxygens (including phenoxy) is 3. The van der Waals surface area contributed by atoms with Crippen molar-refractivity contribution in [1.29, 1.82) is 0 Å². The molecule has 1 heterocycles. The predicted octanol–water partition coefficient (Wildman–Crippen LogP) is 2.08. The molecule has 2 rings (SSSR count). The first-order valence-corrected chi connectivity index (χ1v) is 4.87. The quantitative estimate of drug-likeness (QED) is 0.709. The third-order valence-corrected chi connectivity index (χ3v) is 2.48. The Balaban J connectivity index is 2.30. The molecule has 1 aromatic rings. The molecule has 1 aromatic carbocycles. The first kappa shape index (κ1) is 10.2. The zero-order valence-electron chi connectivity index (χ0n) is 8.73. The van der Waals surface area contributed by atoms with E-state index in [0.29, 0.717) is 13.2 Å². The Morgan fingerprint density at radius 1 is 1.27 bits per heavy atom. The van der Waals surface area contributed by atoms with E-state index in [1.54, 1.807) is 13.2 Å². The SMILES string of the molecule is C=CC1(c2ccc(OC)cc2)OCCO1. The molecule has 0 aromatic heterocycles. The number of hydrogen-bond donors (Lipinski definition) is 0. The first-order valence-electron chi connectivity index (χ1n) is 4.87. The topological polar surface area (TPSA) is 27.7 Å². The fraction of sp³-hybridized carbons (Fsp3) is 0.333. The van der Waals surface area contributed by atoms with Crippen LogP contribution in [0.3, 0.4) is 0 Å². The molecule has 1 aliphatic heterocycles. The van der Waals surface area contributed by atoms with E-state index in [1.807, 2.05) is 24.3 Å². The zero-order valence-corrected chi connectivity index (χ0v) is 8.73. The molecule has 0 unspecified atom stereocenters. The van der Waals surface area contributed by atoms with Crippen molar-refractivity contribution in [3.63, 3.8) is 0 Å². The molecule has 1 saturated heterocycles. The molecular formula is C12H14O3. The van der Waals surface area contributed by atoms with Crippen molar-refractivity contribution < 1.29 is 14.2 Å². The van der Waals surface area contributed by atoms with Crippen molar-refractivity contribution in [2.75, 3.05) is 20.3 Å². The molecule has 0 N–H and O–H groups in total. The molecule has 1 fully saturated rings. The van der Waals surface area contributed by atoms with Gasteiger partial charge in [0.05, 0.1) is 20.3 Å². The zero-order chi connectivity index (χ0) is 10.7. The van der Waals surface area contributed by atoms with Gasteiger partial charge < -0.3 is 14.2 Å². The van der Waals surface area contributed by atoms with Gasteiger partial charge in [-0.15, -0.1) is 0 Å². The van der Waals surface area contributed by atoms with Gasteiger partial charge in [0.1, 0.15) is 5.75 Å². The number of hydrogen-bond acceptors (Lipinski definition) is 3. The lowest BCUT2D eigenvalue weighted by Gasteiger charge is -2.23. The summed E-state index contributed by atoms with van der Waals surface area (Å²) in [6, 6.07) is 7.61. The average molecular weight is 206 g/mol. The van der Waals surface area contributed by atoms with Crippen molar-refractivity contribution >= 4 is 0 Å². The van der Waals surface area contributed by atoms with Gasteiger partial charge >= 0.3 is 0 Å². The first-order chi connectivity index (χ1) is 7.30. The van der Waals surface area contributed by atoms with E-state index in [0.717, 1.165) is 11.3 Å². The van der Waals surface area contributed by atoms with E-state index in [4.69, 9.17) is 14.2 Å². The second kappa shape index (κ2) is 4.04. The summed E-state index contributed by atoms with van der Waals surface area (Å²) in [5.74, 6) is 0.0441. The summed E-state index contributed by atoms with van der Waals surface area (Å²) in [5.41, 5.74) is 0.941. The lowest BCUT2D eigenvalue weighted by molar-refractivity contribution is -0.123. The summed E-state index contributed by atoms with van der Waals surface area (Å²) < 4.78 is 16.2. The van der Waals surface area contributed by atoms with Crippen LogP contribution in [0.15, 0.2) is 36.9 Å². The second-order valence-corrected chi connectivity index (χ2v) is 3.30. The Kier molecular flexibility index (Phi) is 2.75. The lowest BCUT2D eigenvalue weighted by Crippen LogP contribution is -2.23. The van der Waals surface area contributed by atoms with E-state index in [1.165, 1.54) is 0 Å². The van der Waals surface area contributed by atoms with Crippen molar-refractivity contribution in [1.82, 2.24) is 0 Å². The van der Waals surface area contributed by atoms with Crippen LogP contribution in [-0.4, -0.2) is 20.3 Å². The standard InChI is InChI=1S/C12H14O3/c1-3-12(14-8-9-15-12)10-4-6-11(13-2)7-5-10/h3-7H,1,8-9H2,2H3. The molecule has 80 valence electrons. The second-order valence-electron chi connectivity index (χ2n) is 3.30. The minimum Gasteiger partial charge on any atom is -0.497 e. The van der Waals surface area contributed by atoms with Gasteiger partial charge in [0, 0.05) is 5.56 Å². The summed E-state index contributed by atoms with van der Waals surface area (Å²) in [6.45, 7) is 4.94. The number of methoxy groups -OCH3 is 1. The van der Waals surface area contributed by atoms with E-state index >= 15 is 0 Å². The number of rotatable bonds is 3.